The van der Waals surface area contributed by atoms with E-state index >= 15 is 0 Å². The van der Waals surface area contributed by atoms with Gasteiger partial charge in [-0.3, -0.25) is 4.79 Å². The lowest BCUT2D eigenvalue weighted by Crippen LogP contribution is -2.18. The Labute approximate surface area is 141 Å². The zero-order chi connectivity index (χ0) is 16.9. The summed E-state index contributed by atoms with van der Waals surface area (Å²) in [4.78, 5) is 12.4. The van der Waals surface area contributed by atoms with Crippen molar-refractivity contribution < 1.29 is 19.0 Å². The number of ether oxygens (including phenoxy) is 3. The molecule has 5 heteroatoms. The van der Waals surface area contributed by atoms with Gasteiger partial charge in [-0.2, -0.15) is 0 Å². The third-order valence-corrected chi connectivity index (χ3v) is 3.81. The number of para-hydroxylation sites is 2. The number of rotatable bonds is 5. The standard InChI is InChI=1S/C19H21NO4/c1-3-22-16-7-5-4-6-15(16)20-19(21)12-14-11-18-17(10-13(14)2)23-8-9-24-18/h4-7,10-11H,3,8-9,12H2,1-2H3,(H,20,21). The summed E-state index contributed by atoms with van der Waals surface area (Å²) >= 11 is 0. The molecule has 0 unspecified atom stereocenters. The van der Waals surface area contributed by atoms with Crippen LogP contribution in [0, 0.1) is 6.92 Å². The number of aryl methyl sites for hydroxylation is 1. The molecule has 0 aliphatic carbocycles. The predicted octanol–water partition coefficient (Wildman–Crippen LogP) is 3.35. The largest absolute Gasteiger partial charge is 0.492 e. The SMILES string of the molecule is CCOc1ccccc1NC(=O)Cc1cc2c(cc1C)OCCO2. The van der Waals surface area contributed by atoms with E-state index in [1.807, 2.05) is 50.2 Å². The van der Waals surface area contributed by atoms with E-state index in [4.69, 9.17) is 14.2 Å². The van der Waals surface area contributed by atoms with E-state index in [0.29, 0.717) is 37.0 Å². The molecule has 3 rings (SSSR count). The van der Waals surface area contributed by atoms with Gasteiger partial charge in [0.15, 0.2) is 11.5 Å². The lowest BCUT2D eigenvalue weighted by molar-refractivity contribution is -0.115. The first-order chi connectivity index (χ1) is 11.7. The van der Waals surface area contributed by atoms with Gasteiger partial charge in [-0.05, 0) is 49.2 Å². The Balaban J connectivity index is 1.73. The van der Waals surface area contributed by atoms with Crippen LogP contribution in [0.25, 0.3) is 0 Å². The maximum absolute atomic E-state index is 12.4. The smallest absolute Gasteiger partial charge is 0.228 e. The van der Waals surface area contributed by atoms with Crippen LogP contribution in [0.3, 0.4) is 0 Å². The van der Waals surface area contributed by atoms with Crippen LogP contribution in [0.5, 0.6) is 17.2 Å². The molecule has 0 saturated heterocycles. The summed E-state index contributed by atoms with van der Waals surface area (Å²) in [6.45, 7) is 5.52. The van der Waals surface area contributed by atoms with E-state index < -0.39 is 0 Å². The van der Waals surface area contributed by atoms with E-state index in [1.165, 1.54) is 0 Å². The normalized spacial score (nSPS) is 12.6. The number of carbonyl (C=O) groups is 1. The van der Waals surface area contributed by atoms with Crippen LogP contribution in [0.15, 0.2) is 36.4 Å². The summed E-state index contributed by atoms with van der Waals surface area (Å²) in [5.41, 5.74) is 2.61. The number of benzene rings is 2. The molecule has 0 bridgehead atoms. The highest BCUT2D eigenvalue weighted by atomic mass is 16.6. The second kappa shape index (κ2) is 7.25. The quantitative estimate of drug-likeness (QED) is 0.915. The van der Waals surface area contributed by atoms with E-state index in [2.05, 4.69) is 5.32 Å². The highest BCUT2D eigenvalue weighted by molar-refractivity contribution is 5.94. The zero-order valence-electron chi connectivity index (χ0n) is 13.9. The molecular weight excluding hydrogens is 306 g/mol. The van der Waals surface area contributed by atoms with Crippen LogP contribution < -0.4 is 19.5 Å². The summed E-state index contributed by atoms with van der Waals surface area (Å²) in [6, 6.07) is 11.2. The van der Waals surface area contributed by atoms with E-state index in [1.54, 1.807) is 0 Å². The molecule has 2 aromatic carbocycles. The zero-order valence-corrected chi connectivity index (χ0v) is 13.9. The molecule has 0 saturated carbocycles. The number of anilines is 1. The Kier molecular flexibility index (Phi) is 4.89. The molecule has 1 aliphatic rings. The van der Waals surface area contributed by atoms with Gasteiger partial charge in [0.25, 0.3) is 0 Å². The van der Waals surface area contributed by atoms with E-state index in [9.17, 15) is 4.79 Å². The lowest BCUT2D eigenvalue weighted by Gasteiger charge is -2.20. The van der Waals surface area contributed by atoms with Crippen LogP contribution in [-0.2, 0) is 11.2 Å². The Morgan fingerprint density at radius 2 is 1.88 bits per heavy atom. The molecular formula is C19H21NO4. The number of fused-ring (bicyclic) bond motifs is 1. The predicted molar refractivity (Wildman–Crippen MR) is 92.1 cm³/mol. The Morgan fingerprint density at radius 1 is 1.17 bits per heavy atom. The molecule has 2 aromatic rings. The van der Waals surface area contributed by atoms with Gasteiger partial charge in [0, 0.05) is 0 Å². The molecule has 5 nitrogen and oxygen atoms in total. The molecule has 0 aromatic heterocycles. The van der Waals surface area contributed by atoms with Crippen molar-refractivity contribution in [2.75, 3.05) is 25.1 Å². The van der Waals surface area contributed by atoms with Crippen molar-refractivity contribution in [2.45, 2.75) is 20.3 Å². The van der Waals surface area contributed by atoms with Crippen molar-refractivity contribution >= 4 is 11.6 Å². The maximum Gasteiger partial charge on any atom is 0.228 e. The van der Waals surface area contributed by atoms with Crippen molar-refractivity contribution in [1.29, 1.82) is 0 Å². The number of amides is 1. The van der Waals surface area contributed by atoms with Crippen molar-refractivity contribution in [3.8, 4) is 17.2 Å². The first-order valence-electron chi connectivity index (χ1n) is 8.08. The van der Waals surface area contributed by atoms with Gasteiger partial charge in [-0.25, -0.2) is 0 Å². The summed E-state index contributed by atoms with van der Waals surface area (Å²) in [6.07, 6.45) is 0.267. The Morgan fingerprint density at radius 3 is 2.62 bits per heavy atom. The first kappa shape index (κ1) is 16.2. The van der Waals surface area contributed by atoms with Gasteiger partial charge in [0.1, 0.15) is 19.0 Å². The first-order valence-corrected chi connectivity index (χ1v) is 8.08. The molecule has 1 heterocycles. The summed E-state index contributed by atoms with van der Waals surface area (Å²) in [5.74, 6) is 2.02. The van der Waals surface area contributed by atoms with Crippen LogP contribution in [0.2, 0.25) is 0 Å². The monoisotopic (exact) mass is 327 g/mol. The molecule has 24 heavy (non-hydrogen) atoms. The van der Waals surface area contributed by atoms with Gasteiger partial charge in [0.2, 0.25) is 5.91 Å². The molecule has 0 radical (unpaired) electrons. The van der Waals surface area contributed by atoms with Gasteiger partial charge in [0.05, 0.1) is 18.7 Å². The van der Waals surface area contributed by atoms with E-state index in [-0.39, 0.29) is 12.3 Å². The van der Waals surface area contributed by atoms with Crippen LogP contribution >= 0.6 is 0 Å². The minimum atomic E-state index is -0.0954. The van der Waals surface area contributed by atoms with Crippen molar-refractivity contribution in [3.63, 3.8) is 0 Å². The fourth-order valence-electron chi connectivity index (χ4n) is 2.64. The molecule has 1 aliphatic heterocycles. The number of hydrogen-bond donors (Lipinski definition) is 1. The molecule has 1 amide bonds. The summed E-state index contributed by atoms with van der Waals surface area (Å²) in [7, 11) is 0. The highest BCUT2D eigenvalue weighted by Crippen LogP contribution is 2.33. The molecule has 1 N–H and O–H groups in total. The molecule has 126 valence electrons. The minimum Gasteiger partial charge on any atom is -0.492 e. The second-order valence-corrected chi connectivity index (χ2v) is 5.58. The minimum absolute atomic E-state index is 0.0954. The number of nitrogens with one attached hydrogen (secondary N) is 1. The maximum atomic E-state index is 12.4. The third-order valence-electron chi connectivity index (χ3n) is 3.81. The number of hydrogen-bond acceptors (Lipinski definition) is 4. The van der Waals surface area contributed by atoms with Gasteiger partial charge in [-0.1, -0.05) is 12.1 Å². The van der Waals surface area contributed by atoms with Gasteiger partial charge < -0.3 is 19.5 Å². The second-order valence-electron chi connectivity index (χ2n) is 5.58. The van der Waals surface area contributed by atoms with Crippen LogP contribution in [0.4, 0.5) is 5.69 Å². The Bertz CT molecular complexity index is 742. The fourth-order valence-corrected chi connectivity index (χ4v) is 2.64. The van der Waals surface area contributed by atoms with Crippen LogP contribution in [0.1, 0.15) is 18.1 Å². The van der Waals surface area contributed by atoms with Crippen molar-refractivity contribution in [1.82, 2.24) is 0 Å². The number of carbonyl (C=O) groups excluding carboxylic acids is 1. The van der Waals surface area contributed by atoms with Gasteiger partial charge in [-0.15, -0.1) is 0 Å². The summed E-state index contributed by atoms with van der Waals surface area (Å²) < 4.78 is 16.7. The lowest BCUT2D eigenvalue weighted by atomic mass is 10.0. The van der Waals surface area contributed by atoms with E-state index in [0.717, 1.165) is 16.9 Å². The van der Waals surface area contributed by atoms with Crippen molar-refractivity contribution in [2.24, 2.45) is 0 Å². The molecule has 0 atom stereocenters. The average molecular weight is 327 g/mol. The van der Waals surface area contributed by atoms with Gasteiger partial charge >= 0.3 is 0 Å². The highest BCUT2D eigenvalue weighted by Gasteiger charge is 2.16. The molecule has 0 spiro atoms. The van der Waals surface area contributed by atoms with Crippen molar-refractivity contribution in [3.05, 3.63) is 47.5 Å². The van der Waals surface area contributed by atoms with Crippen LogP contribution in [-0.4, -0.2) is 25.7 Å². The topological polar surface area (TPSA) is 56.8 Å². The third kappa shape index (κ3) is 3.62. The average Bonchev–Trinajstić information content (AvgIpc) is 2.57. The summed E-state index contributed by atoms with van der Waals surface area (Å²) in [5, 5.41) is 2.92. The Hall–Kier alpha value is -2.69. The fraction of sp³-hybridized carbons (Fsp3) is 0.316. The molecule has 0 fully saturated rings.